The molecule has 0 aromatic carbocycles. The van der Waals surface area contributed by atoms with E-state index in [0.29, 0.717) is 24.5 Å². The number of aromatic nitrogens is 6. The van der Waals surface area contributed by atoms with Crippen LogP contribution in [0.15, 0.2) is 73.2 Å². The molecule has 0 fully saturated rings. The SMILES string of the molecule is CCCC(=O)NC(C)(C)C.CCC[CH2][Sn]([CH2]CCC)([CH2]CCC)[c]1cc(C)ccn1.Cc1ccnc(-c2cc(Cl)c3c(n2)CCC3)c1.Cc1ccnc(-c2cc(N(C)CC(=O)CC(C)(C)C)c3c(n2)CCC3)c1.Clc1cc(Cl)c2c(n1)CCC2. The number of carbonyl (C=O) groups excluding carboxylic acids is 2. The van der Waals surface area contributed by atoms with Crippen molar-refractivity contribution in [3.8, 4) is 22.8 Å². The Bertz CT molecular complexity index is 3060. The topological polar surface area (TPSA) is 127 Å². The molecule has 10 nitrogen and oxygen atoms in total. The number of halogens is 3. The maximum atomic E-state index is 12.5. The van der Waals surface area contributed by atoms with Crippen molar-refractivity contribution >= 4 is 74.3 Å². The van der Waals surface area contributed by atoms with Gasteiger partial charge in [-0.3, -0.25) is 29.5 Å². The molecule has 6 aromatic heterocycles. The summed E-state index contributed by atoms with van der Waals surface area (Å²) in [6.07, 6.45) is 25.8. The second kappa shape index (κ2) is 34.2. The molecular weight excluding hydrogens is 1210 g/mol. The quantitative estimate of drug-likeness (QED) is 0.0661. The molecule has 1 amide bonds. The number of nitrogens with zero attached hydrogens (tertiary/aromatic N) is 7. The monoisotopic (exact) mass is 1310 g/mol. The molecule has 0 saturated heterocycles. The Morgan fingerprint density at radius 3 is 1.48 bits per heavy atom. The Hall–Kier alpha value is -4.49. The predicted molar refractivity (Wildman–Crippen MR) is 358 cm³/mol. The summed E-state index contributed by atoms with van der Waals surface area (Å²) in [5.74, 6) is 0.425. The molecule has 3 aliphatic carbocycles. The van der Waals surface area contributed by atoms with Gasteiger partial charge in [-0.25, -0.2) is 4.98 Å². The van der Waals surface area contributed by atoms with Crippen molar-refractivity contribution in [3.05, 3.63) is 139 Å². The minimum atomic E-state index is -2.25. The first kappa shape index (κ1) is 70.3. The van der Waals surface area contributed by atoms with Crippen molar-refractivity contribution in [2.75, 3.05) is 18.5 Å². The zero-order valence-corrected chi connectivity index (χ0v) is 58.7. The average molecular weight is 1310 g/mol. The molecule has 6 heterocycles. The van der Waals surface area contributed by atoms with E-state index in [0.717, 1.165) is 120 Å². The van der Waals surface area contributed by atoms with Gasteiger partial charge >= 0.3 is 130 Å². The molecule has 14 heteroatoms. The molecule has 0 bridgehead atoms. The van der Waals surface area contributed by atoms with Gasteiger partial charge in [0.1, 0.15) is 5.15 Å². The van der Waals surface area contributed by atoms with Crippen molar-refractivity contribution in [2.24, 2.45) is 5.41 Å². The van der Waals surface area contributed by atoms with Gasteiger partial charge in [0.25, 0.3) is 0 Å². The zero-order chi connectivity index (χ0) is 61.6. The van der Waals surface area contributed by atoms with E-state index in [1.807, 2.05) is 71.4 Å². The number of aryl methyl sites for hydroxylation is 6. The Balaban J connectivity index is 0.000000200. The van der Waals surface area contributed by atoms with Crippen LogP contribution in [0.5, 0.6) is 0 Å². The van der Waals surface area contributed by atoms with Crippen LogP contribution in [0.2, 0.25) is 28.5 Å². The van der Waals surface area contributed by atoms with Gasteiger partial charge in [0, 0.05) is 70.6 Å². The summed E-state index contributed by atoms with van der Waals surface area (Å²) < 4.78 is 6.11. The summed E-state index contributed by atoms with van der Waals surface area (Å²) >= 11 is 15.7. The molecule has 3 aliphatic rings. The minimum absolute atomic E-state index is 0.0226. The first-order valence-electron chi connectivity index (χ1n) is 31.3. The van der Waals surface area contributed by atoms with Gasteiger partial charge in [0.2, 0.25) is 5.91 Å². The van der Waals surface area contributed by atoms with Crippen LogP contribution >= 0.6 is 34.8 Å². The fourth-order valence-electron chi connectivity index (χ4n) is 11.3. The average Bonchev–Trinajstić information content (AvgIpc) is 4.29. The normalized spacial score (nSPS) is 13.1. The van der Waals surface area contributed by atoms with E-state index < -0.39 is 18.4 Å². The van der Waals surface area contributed by atoms with E-state index in [9.17, 15) is 9.59 Å². The van der Waals surface area contributed by atoms with E-state index in [-0.39, 0.29) is 22.6 Å². The van der Waals surface area contributed by atoms with Crippen LogP contribution in [-0.4, -0.2) is 79.1 Å². The van der Waals surface area contributed by atoms with E-state index in [1.165, 1.54) is 85.2 Å². The number of fused-ring (bicyclic) bond motifs is 3. The van der Waals surface area contributed by atoms with E-state index in [2.05, 4.69) is 123 Å². The first-order chi connectivity index (χ1) is 39.9. The number of ketones is 1. The molecule has 0 radical (unpaired) electrons. The van der Waals surface area contributed by atoms with Crippen molar-refractivity contribution in [2.45, 2.75) is 224 Å². The van der Waals surface area contributed by atoms with E-state index in [4.69, 9.17) is 44.8 Å². The Morgan fingerprint density at radius 1 is 0.560 bits per heavy atom. The van der Waals surface area contributed by atoms with E-state index in [1.54, 1.807) is 9.78 Å². The number of hydrogen-bond acceptors (Lipinski definition) is 9. The predicted octanol–water partition coefficient (Wildman–Crippen LogP) is 18.0. The first-order valence-corrected chi connectivity index (χ1v) is 39.9. The van der Waals surface area contributed by atoms with Gasteiger partial charge in [-0.1, -0.05) is 62.5 Å². The van der Waals surface area contributed by atoms with Gasteiger partial charge in [-0.05, 0) is 175 Å². The molecule has 9 rings (SSSR count). The Morgan fingerprint density at radius 2 is 1.01 bits per heavy atom. The number of unbranched alkanes of at least 4 members (excludes halogenated alkanes) is 3. The number of anilines is 1. The van der Waals surface area contributed by atoms with Crippen LogP contribution < -0.4 is 13.9 Å². The van der Waals surface area contributed by atoms with Gasteiger partial charge < -0.3 is 10.2 Å². The summed E-state index contributed by atoms with van der Waals surface area (Å²) in [4.78, 5) is 53.0. The van der Waals surface area contributed by atoms with Crippen LogP contribution in [0.25, 0.3) is 22.8 Å². The summed E-state index contributed by atoms with van der Waals surface area (Å²) in [6.45, 7) is 28.1. The number of rotatable bonds is 18. The van der Waals surface area contributed by atoms with Gasteiger partial charge in [0.05, 0.1) is 29.3 Å². The standard InChI is InChI=1S/C22H29N3O.C14H13ClN2.C8H7Cl2N.C8H17NO.C6H6N.3C4H9.Sn/c1-15-9-10-23-19(11-15)20-12-21(17-7-6-8-18(17)24-20)25(5)14-16(26)13-22(2,3)4;1-9-5-6-16-13(7-9)14-8-11(15)10-3-2-4-12(10)17-14;9-6-4-8(10)11-7-3-1-2-5(6)7;1-5-6-7(10)9-8(2,3)4;1-6-2-4-7-5-3-6;3*1-3-4-2;/h9-12H,6-8,13-14H2,1-5H3;5-8H,2-4H2,1H3;4H,1-3H2;5-6H2,1-4H3,(H,9,10);2-4H,1H3;3*1,3-4H2,2H3;. The number of amides is 1. The van der Waals surface area contributed by atoms with Crippen molar-refractivity contribution in [1.29, 1.82) is 0 Å². The zero-order valence-electron chi connectivity index (χ0n) is 53.6. The van der Waals surface area contributed by atoms with Crippen LogP contribution in [0.3, 0.4) is 0 Å². The molecule has 6 aromatic rings. The largest absolute Gasteiger partial charge is 0.367 e. The molecule has 0 saturated carbocycles. The molecule has 456 valence electrons. The van der Waals surface area contributed by atoms with Gasteiger partial charge in [-0.15, -0.1) is 0 Å². The smallest absolute Gasteiger partial charge is 0.152 e. The summed E-state index contributed by atoms with van der Waals surface area (Å²) in [5, 5.41) is 5.01. The molecule has 0 unspecified atom stereocenters. The fraction of sp³-hybridized carbons (Fsp3) is 0.543. The van der Waals surface area contributed by atoms with E-state index >= 15 is 0 Å². The number of likely N-dealkylation sites (N-methyl/N-ethyl adjacent to an activating group) is 1. The fourth-order valence-corrected chi connectivity index (χ4v) is 27.8. The number of pyridine rings is 6. The van der Waals surface area contributed by atoms with Crippen molar-refractivity contribution in [3.63, 3.8) is 0 Å². The van der Waals surface area contributed by atoms with Crippen LogP contribution in [0.4, 0.5) is 5.69 Å². The van der Waals surface area contributed by atoms with Crippen molar-refractivity contribution < 1.29 is 9.59 Å². The number of hydrogen-bond donors (Lipinski definition) is 1. The van der Waals surface area contributed by atoms with Gasteiger partial charge in [0.15, 0.2) is 5.78 Å². The maximum Gasteiger partial charge on any atom is 0.152 e. The third-order valence-corrected chi connectivity index (χ3v) is 31.3. The second-order valence-electron chi connectivity index (χ2n) is 25.7. The Labute approximate surface area is 525 Å². The molecular formula is C70H99Cl3N8O2Sn. The van der Waals surface area contributed by atoms with Crippen molar-refractivity contribution in [1.82, 2.24) is 35.2 Å². The third kappa shape index (κ3) is 22.7. The minimum Gasteiger partial charge on any atom is -0.367 e. The molecule has 0 atom stereocenters. The summed E-state index contributed by atoms with van der Waals surface area (Å²) in [5.41, 5.74) is 15.5. The number of Topliss-reactive ketones (excluding diaryl/α,β-unsaturated/α-hetero) is 1. The Kier molecular flexibility index (Phi) is 28.6. The number of carbonyl (C=O) groups is 2. The van der Waals surface area contributed by atoms with Crippen LogP contribution in [0.1, 0.15) is 197 Å². The summed E-state index contributed by atoms with van der Waals surface area (Å²) in [7, 11) is 2.02. The number of nitrogens with one attached hydrogen (secondary N) is 1. The summed E-state index contributed by atoms with van der Waals surface area (Å²) in [6, 6.07) is 18.4. The third-order valence-electron chi connectivity index (χ3n) is 15.4. The van der Waals surface area contributed by atoms with Crippen LogP contribution in [0, 0.1) is 26.2 Å². The second-order valence-corrected chi connectivity index (χ2v) is 40.0. The molecule has 0 aliphatic heterocycles. The molecule has 0 spiro atoms. The van der Waals surface area contributed by atoms with Crippen LogP contribution in [-0.2, 0) is 48.1 Å². The maximum absolute atomic E-state index is 12.5. The molecule has 1 N–H and O–H groups in total. The molecule has 84 heavy (non-hydrogen) atoms. The van der Waals surface area contributed by atoms with Gasteiger partial charge in [-0.2, -0.15) is 0 Å².